The third-order valence-electron chi connectivity index (χ3n) is 3.73. The van der Waals surface area contributed by atoms with E-state index in [9.17, 15) is 4.39 Å². The van der Waals surface area contributed by atoms with Crippen LogP contribution in [0.2, 0.25) is 0 Å². The summed E-state index contributed by atoms with van der Waals surface area (Å²) in [4.78, 5) is 6.78. The number of rotatable bonds is 3. The van der Waals surface area contributed by atoms with Crippen LogP contribution in [0.4, 0.5) is 4.39 Å². The van der Waals surface area contributed by atoms with Crippen LogP contribution in [-0.2, 0) is 11.3 Å². The lowest BCUT2D eigenvalue weighted by atomic mass is 10.2. The van der Waals surface area contributed by atoms with E-state index in [2.05, 4.69) is 23.7 Å². The summed E-state index contributed by atoms with van der Waals surface area (Å²) < 4.78 is 24.3. The van der Waals surface area contributed by atoms with Crippen molar-refractivity contribution in [1.82, 2.24) is 9.88 Å². The maximum absolute atomic E-state index is 13.2. The Morgan fingerprint density at radius 1 is 1.38 bits per heavy atom. The normalized spacial score (nSPS) is 23.4. The third-order valence-corrected chi connectivity index (χ3v) is 3.73. The molecule has 112 valence electrons. The Labute approximate surface area is 123 Å². The fourth-order valence-corrected chi connectivity index (χ4v) is 2.53. The molecule has 2 unspecified atom stereocenters. The van der Waals surface area contributed by atoms with E-state index in [1.54, 1.807) is 18.4 Å². The van der Waals surface area contributed by atoms with Crippen LogP contribution in [-0.4, -0.2) is 35.2 Å². The number of aromatic nitrogens is 1. The average molecular weight is 290 g/mol. The van der Waals surface area contributed by atoms with Crippen LogP contribution in [0.5, 0.6) is 0 Å². The van der Waals surface area contributed by atoms with E-state index < -0.39 is 0 Å². The predicted molar refractivity (Wildman–Crippen MR) is 77.2 cm³/mol. The van der Waals surface area contributed by atoms with Gasteiger partial charge in [0.25, 0.3) is 0 Å². The van der Waals surface area contributed by atoms with E-state index >= 15 is 0 Å². The molecule has 3 rings (SSSR count). The predicted octanol–water partition coefficient (Wildman–Crippen LogP) is 3.09. The zero-order valence-corrected chi connectivity index (χ0v) is 12.3. The smallest absolute Gasteiger partial charge is 0.226 e. The summed E-state index contributed by atoms with van der Waals surface area (Å²) in [6.45, 7) is 6.53. The molecule has 4 nitrogen and oxygen atoms in total. The number of hydrogen-bond donors (Lipinski definition) is 0. The summed E-state index contributed by atoms with van der Waals surface area (Å²) in [5, 5.41) is 0. The van der Waals surface area contributed by atoms with Gasteiger partial charge in [0, 0.05) is 24.7 Å². The minimum atomic E-state index is -0.289. The zero-order chi connectivity index (χ0) is 14.8. The largest absolute Gasteiger partial charge is 0.444 e. The van der Waals surface area contributed by atoms with Crippen molar-refractivity contribution in [1.29, 1.82) is 0 Å². The van der Waals surface area contributed by atoms with Crippen molar-refractivity contribution in [3.05, 3.63) is 42.0 Å². The summed E-state index contributed by atoms with van der Waals surface area (Å²) in [7, 11) is 0. The van der Waals surface area contributed by atoms with Crippen LogP contribution in [0.25, 0.3) is 11.5 Å². The summed E-state index contributed by atoms with van der Waals surface area (Å²) in [6, 6.07) is 6.63. The third kappa shape index (κ3) is 3.31. The molecule has 0 radical (unpaired) electrons. The van der Waals surface area contributed by atoms with Gasteiger partial charge in [-0.05, 0) is 32.0 Å². The minimum absolute atomic E-state index is 0.232. The van der Waals surface area contributed by atoms with Crippen molar-refractivity contribution in [3.63, 3.8) is 0 Å². The molecule has 2 heterocycles. The number of oxazole rings is 1. The highest BCUT2D eigenvalue weighted by molar-refractivity contribution is 5.52. The lowest BCUT2D eigenvalue weighted by molar-refractivity contribution is -0.0530. The van der Waals surface area contributed by atoms with E-state index in [0.717, 1.165) is 18.8 Å². The fourth-order valence-electron chi connectivity index (χ4n) is 2.53. The van der Waals surface area contributed by atoms with Gasteiger partial charge in [-0.3, -0.25) is 4.90 Å². The Kier molecular flexibility index (Phi) is 4.03. The molecule has 0 amide bonds. The number of benzene rings is 1. The van der Waals surface area contributed by atoms with Gasteiger partial charge in [0.1, 0.15) is 12.1 Å². The second kappa shape index (κ2) is 5.95. The molecule has 1 aliphatic rings. The molecular weight excluding hydrogens is 271 g/mol. The molecule has 0 N–H and O–H groups in total. The van der Waals surface area contributed by atoms with Crippen LogP contribution < -0.4 is 0 Å². The molecule has 1 aliphatic heterocycles. The molecular formula is C16H19FN2O2. The number of hydrogen-bond acceptors (Lipinski definition) is 4. The van der Waals surface area contributed by atoms with Crippen LogP contribution in [0, 0.1) is 5.82 Å². The SMILES string of the molecule is CC1CN(Cc2coc(-c3cccc(F)c3)n2)C(C)CO1. The van der Waals surface area contributed by atoms with Gasteiger partial charge in [-0.2, -0.15) is 0 Å². The summed E-state index contributed by atoms with van der Waals surface area (Å²) in [5.74, 6) is 0.168. The molecule has 1 saturated heterocycles. The van der Waals surface area contributed by atoms with E-state index in [1.807, 2.05) is 0 Å². The topological polar surface area (TPSA) is 38.5 Å². The van der Waals surface area contributed by atoms with Gasteiger partial charge in [-0.25, -0.2) is 9.37 Å². The minimum Gasteiger partial charge on any atom is -0.444 e. The molecule has 0 spiro atoms. The van der Waals surface area contributed by atoms with Crippen molar-refractivity contribution < 1.29 is 13.5 Å². The second-order valence-corrected chi connectivity index (χ2v) is 5.58. The lowest BCUT2D eigenvalue weighted by Crippen LogP contribution is -2.46. The number of ether oxygens (including phenoxy) is 1. The first-order chi connectivity index (χ1) is 10.1. The van der Waals surface area contributed by atoms with Gasteiger partial charge >= 0.3 is 0 Å². The Morgan fingerprint density at radius 3 is 3.05 bits per heavy atom. The maximum Gasteiger partial charge on any atom is 0.226 e. The molecule has 1 aromatic heterocycles. The van der Waals surface area contributed by atoms with Crippen molar-refractivity contribution in [2.24, 2.45) is 0 Å². The second-order valence-electron chi connectivity index (χ2n) is 5.58. The van der Waals surface area contributed by atoms with Crippen LogP contribution in [0.15, 0.2) is 34.9 Å². The summed E-state index contributed by atoms with van der Waals surface area (Å²) in [6.07, 6.45) is 1.88. The van der Waals surface area contributed by atoms with Gasteiger partial charge < -0.3 is 9.15 Å². The lowest BCUT2D eigenvalue weighted by Gasteiger charge is -2.36. The van der Waals surface area contributed by atoms with E-state index in [4.69, 9.17) is 9.15 Å². The van der Waals surface area contributed by atoms with Crippen molar-refractivity contribution in [2.75, 3.05) is 13.2 Å². The van der Waals surface area contributed by atoms with Gasteiger partial charge in [-0.1, -0.05) is 6.07 Å². The van der Waals surface area contributed by atoms with Crippen LogP contribution in [0.1, 0.15) is 19.5 Å². The van der Waals surface area contributed by atoms with Crippen molar-refractivity contribution in [2.45, 2.75) is 32.5 Å². The highest BCUT2D eigenvalue weighted by Gasteiger charge is 2.24. The molecule has 1 aromatic carbocycles. The first-order valence-electron chi connectivity index (χ1n) is 7.18. The summed E-state index contributed by atoms with van der Waals surface area (Å²) in [5.41, 5.74) is 1.51. The molecule has 0 bridgehead atoms. The average Bonchev–Trinajstić information content (AvgIpc) is 2.91. The Hall–Kier alpha value is -1.72. The van der Waals surface area contributed by atoms with Crippen LogP contribution >= 0.6 is 0 Å². The Bertz CT molecular complexity index is 614. The van der Waals surface area contributed by atoms with E-state index in [-0.39, 0.29) is 11.9 Å². The first kappa shape index (κ1) is 14.2. The maximum atomic E-state index is 13.2. The van der Waals surface area contributed by atoms with Gasteiger partial charge in [0.2, 0.25) is 5.89 Å². The Balaban J connectivity index is 1.73. The fraction of sp³-hybridized carbons (Fsp3) is 0.438. The molecule has 2 atom stereocenters. The molecule has 5 heteroatoms. The molecule has 21 heavy (non-hydrogen) atoms. The monoisotopic (exact) mass is 290 g/mol. The van der Waals surface area contributed by atoms with Crippen LogP contribution in [0.3, 0.4) is 0 Å². The zero-order valence-electron chi connectivity index (χ0n) is 12.3. The van der Waals surface area contributed by atoms with Crippen molar-refractivity contribution >= 4 is 0 Å². The van der Waals surface area contributed by atoms with E-state index in [1.165, 1.54) is 12.1 Å². The highest BCUT2D eigenvalue weighted by Crippen LogP contribution is 2.21. The molecule has 0 aliphatic carbocycles. The van der Waals surface area contributed by atoms with Gasteiger partial charge in [0.15, 0.2) is 0 Å². The van der Waals surface area contributed by atoms with E-state index in [0.29, 0.717) is 24.0 Å². The number of nitrogens with zero attached hydrogens (tertiary/aromatic N) is 2. The van der Waals surface area contributed by atoms with Gasteiger partial charge in [0.05, 0.1) is 18.4 Å². The number of morpholine rings is 1. The molecule has 2 aromatic rings. The number of halogens is 1. The Morgan fingerprint density at radius 2 is 2.24 bits per heavy atom. The van der Waals surface area contributed by atoms with Crippen molar-refractivity contribution in [3.8, 4) is 11.5 Å². The molecule has 1 fully saturated rings. The molecule has 0 saturated carbocycles. The highest BCUT2D eigenvalue weighted by atomic mass is 19.1. The quantitative estimate of drug-likeness (QED) is 0.870. The van der Waals surface area contributed by atoms with Gasteiger partial charge in [-0.15, -0.1) is 0 Å². The summed E-state index contributed by atoms with van der Waals surface area (Å²) >= 11 is 0. The standard InChI is InChI=1S/C16H19FN2O2/c1-11-9-20-12(2)7-19(11)8-15-10-21-16(18-15)13-4-3-5-14(17)6-13/h3-6,10-12H,7-9H2,1-2H3. The first-order valence-corrected chi connectivity index (χ1v) is 7.18.